The number of allylic oxidation sites excluding steroid dienone is 4. The van der Waals surface area contributed by atoms with Crippen molar-refractivity contribution in [2.24, 2.45) is 0 Å². The predicted molar refractivity (Wildman–Crippen MR) is 91.4 cm³/mol. The Balaban J connectivity index is 2.08. The van der Waals surface area contributed by atoms with Crippen molar-refractivity contribution in [3.63, 3.8) is 0 Å². The fraction of sp³-hybridized carbons (Fsp3) is 0.474. The van der Waals surface area contributed by atoms with E-state index in [1.165, 1.54) is 42.7 Å². The molecule has 1 atom stereocenters. The van der Waals surface area contributed by atoms with E-state index in [-0.39, 0.29) is 0 Å². The summed E-state index contributed by atoms with van der Waals surface area (Å²) in [6, 6.07) is 10.2. The molecule has 0 saturated heterocycles. The van der Waals surface area contributed by atoms with Crippen LogP contribution in [-0.4, -0.2) is 0 Å². The zero-order chi connectivity index (χ0) is 14.5. The lowest BCUT2D eigenvalue weighted by molar-refractivity contribution is 0.583. The van der Waals surface area contributed by atoms with E-state index in [0.717, 1.165) is 31.0 Å². The van der Waals surface area contributed by atoms with Gasteiger partial charge >= 0.3 is 0 Å². The van der Waals surface area contributed by atoms with E-state index >= 15 is 0 Å². The second-order valence-corrected chi connectivity index (χ2v) is 9.06. The zero-order valence-corrected chi connectivity index (χ0v) is 13.7. The van der Waals surface area contributed by atoms with Crippen LogP contribution in [0.5, 0.6) is 0 Å². The van der Waals surface area contributed by atoms with Crippen LogP contribution < -0.4 is 5.30 Å². The predicted octanol–water partition coefficient (Wildman–Crippen LogP) is 5.98. The highest BCUT2D eigenvalue weighted by atomic mass is 31.2. The molecular weight excluding hydrogens is 275 g/mol. The molecule has 0 saturated carbocycles. The minimum Gasteiger partial charge on any atom is -0.309 e. The van der Waals surface area contributed by atoms with Crippen LogP contribution in [0.1, 0.15) is 57.8 Å². The fourth-order valence-electron chi connectivity index (χ4n) is 3.55. The van der Waals surface area contributed by atoms with Crippen molar-refractivity contribution in [3.05, 3.63) is 53.1 Å². The van der Waals surface area contributed by atoms with E-state index in [1.54, 1.807) is 0 Å². The molecule has 21 heavy (non-hydrogen) atoms. The molecule has 3 rings (SSSR count). The van der Waals surface area contributed by atoms with Gasteiger partial charge in [-0.05, 0) is 62.0 Å². The van der Waals surface area contributed by atoms with Gasteiger partial charge in [0.05, 0.1) is 0 Å². The van der Waals surface area contributed by atoms with Crippen molar-refractivity contribution >= 4 is 12.4 Å². The van der Waals surface area contributed by atoms with Crippen molar-refractivity contribution < 1.29 is 4.57 Å². The highest BCUT2D eigenvalue weighted by Crippen LogP contribution is 2.63. The molecule has 2 heteroatoms. The monoisotopic (exact) mass is 300 g/mol. The molecule has 0 aromatic heterocycles. The van der Waals surface area contributed by atoms with Crippen LogP contribution in [-0.2, 0) is 4.57 Å². The van der Waals surface area contributed by atoms with Gasteiger partial charge in [-0.1, -0.05) is 48.9 Å². The minimum atomic E-state index is -2.53. The van der Waals surface area contributed by atoms with Crippen molar-refractivity contribution in [1.29, 1.82) is 0 Å². The molecule has 2 aliphatic rings. The van der Waals surface area contributed by atoms with E-state index in [1.807, 2.05) is 18.2 Å². The van der Waals surface area contributed by atoms with Crippen molar-refractivity contribution in [2.45, 2.75) is 57.8 Å². The maximum absolute atomic E-state index is 14.1. The summed E-state index contributed by atoms with van der Waals surface area (Å²) in [7, 11) is -2.53. The van der Waals surface area contributed by atoms with Crippen LogP contribution in [0.2, 0.25) is 0 Å². The van der Waals surface area contributed by atoms with Gasteiger partial charge in [-0.3, -0.25) is 0 Å². The van der Waals surface area contributed by atoms with E-state index in [9.17, 15) is 4.57 Å². The summed E-state index contributed by atoms with van der Waals surface area (Å²) >= 11 is 0. The molecule has 2 aliphatic carbocycles. The van der Waals surface area contributed by atoms with Crippen LogP contribution in [0, 0.1) is 0 Å². The summed E-state index contributed by atoms with van der Waals surface area (Å²) < 4.78 is 14.1. The second kappa shape index (κ2) is 6.79. The van der Waals surface area contributed by atoms with Gasteiger partial charge in [0.25, 0.3) is 0 Å². The normalized spacial score (nSPS) is 22.7. The van der Waals surface area contributed by atoms with E-state index in [2.05, 4.69) is 24.3 Å². The first-order valence-electron chi connectivity index (χ1n) is 8.37. The summed E-state index contributed by atoms with van der Waals surface area (Å²) in [5.74, 6) is 0. The molecule has 0 fully saturated rings. The quantitative estimate of drug-likeness (QED) is 0.627. The third-order valence-corrected chi connectivity index (χ3v) is 8.17. The maximum atomic E-state index is 14.1. The Morgan fingerprint density at radius 3 is 1.95 bits per heavy atom. The average Bonchev–Trinajstić information content (AvgIpc) is 2.85. The standard InChI is InChI=1S/C19H25OP/c20-21(18-13-7-3-8-14-18,19-15-9-4-10-16-19)17-11-5-1-2-6-12-17/h3,7-8,11,13-15H,1-2,4-6,9-10,12,16H2. The second-order valence-electron chi connectivity index (χ2n) is 6.18. The lowest BCUT2D eigenvalue weighted by atomic mass is 10.1. The fourth-order valence-corrected chi connectivity index (χ4v) is 6.89. The van der Waals surface area contributed by atoms with E-state index < -0.39 is 7.14 Å². The van der Waals surface area contributed by atoms with Gasteiger partial charge in [0.1, 0.15) is 0 Å². The molecule has 0 aliphatic heterocycles. The van der Waals surface area contributed by atoms with Gasteiger partial charge in [0, 0.05) is 5.30 Å². The van der Waals surface area contributed by atoms with Crippen LogP contribution >= 0.6 is 7.14 Å². The van der Waals surface area contributed by atoms with E-state index in [4.69, 9.17) is 0 Å². The van der Waals surface area contributed by atoms with Crippen LogP contribution in [0.15, 0.2) is 53.1 Å². The Kier molecular flexibility index (Phi) is 4.80. The molecule has 0 N–H and O–H groups in total. The lowest BCUT2D eigenvalue weighted by Gasteiger charge is -2.27. The van der Waals surface area contributed by atoms with E-state index in [0.29, 0.717) is 0 Å². The van der Waals surface area contributed by atoms with Gasteiger partial charge in [-0.15, -0.1) is 0 Å². The summed E-state index contributed by atoms with van der Waals surface area (Å²) in [6.45, 7) is 0. The number of hydrogen-bond acceptors (Lipinski definition) is 1. The Morgan fingerprint density at radius 2 is 1.29 bits per heavy atom. The molecule has 112 valence electrons. The zero-order valence-electron chi connectivity index (χ0n) is 12.8. The van der Waals surface area contributed by atoms with Crippen LogP contribution in [0.4, 0.5) is 0 Å². The SMILES string of the molecule is O=P(C1=CCCCC1)(C1=CCCCCC1)c1ccccc1. The molecule has 1 unspecified atom stereocenters. The highest BCUT2D eigenvalue weighted by molar-refractivity contribution is 7.79. The first-order chi connectivity index (χ1) is 10.3. The third kappa shape index (κ3) is 3.09. The Morgan fingerprint density at radius 1 is 0.714 bits per heavy atom. The Labute approximate surface area is 128 Å². The molecule has 1 aromatic rings. The summed E-state index contributed by atoms with van der Waals surface area (Å²) in [4.78, 5) is 0. The summed E-state index contributed by atoms with van der Waals surface area (Å²) in [5, 5.41) is 3.51. The van der Waals surface area contributed by atoms with Gasteiger partial charge in [0.2, 0.25) is 0 Å². The average molecular weight is 300 g/mol. The molecule has 1 nitrogen and oxygen atoms in total. The van der Waals surface area contributed by atoms with Gasteiger partial charge in [0.15, 0.2) is 7.14 Å². The molecule has 0 heterocycles. The Bertz CT molecular complexity index is 583. The van der Waals surface area contributed by atoms with Crippen LogP contribution in [0.25, 0.3) is 0 Å². The number of hydrogen-bond donors (Lipinski definition) is 0. The number of benzene rings is 1. The van der Waals surface area contributed by atoms with Crippen LogP contribution in [0.3, 0.4) is 0 Å². The topological polar surface area (TPSA) is 17.1 Å². The van der Waals surface area contributed by atoms with Gasteiger partial charge in [-0.2, -0.15) is 0 Å². The Hall–Kier alpha value is -1.07. The molecule has 0 amide bonds. The highest BCUT2D eigenvalue weighted by Gasteiger charge is 2.33. The van der Waals surface area contributed by atoms with Gasteiger partial charge < -0.3 is 4.57 Å². The smallest absolute Gasteiger partial charge is 0.162 e. The lowest BCUT2D eigenvalue weighted by Crippen LogP contribution is -2.10. The molecular formula is C19H25OP. The van der Waals surface area contributed by atoms with Crippen molar-refractivity contribution in [3.8, 4) is 0 Å². The van der Waals surface area contributed by atoms with Crippen molar-refractivity contribution in [1.82, 2.24) is 0 Å². The maximum Gasteiger partial charge on any atom is 0.162 e. The molecule has 0 bridgehead atoms. The largest absolute Gasteiger partial charge is 0.309 e. The molecule has 1 aromatic carbocycles. The minimum absolute atomic E-state index is 1.02. The first kappa shape index (κ1) is 14.9. The molecule has 0 radical (unpaired) electrons. The van der Waals surface area contributed by atoms with Gasteiger partial charge in [-0.25, -0.2) is 0 Å². The van der Waals surface area contributed by atoms with Crippen molar-refractivity contribution in [2.75, 3.05) is 0 Å². The summed E-state index contributed by atoms with van der Waals surface area (Å²) in [5.41, 5.74) is 0. The first-order valence-corrected chi connectivity index (χ1v) is 10.1. The summed E-state index contributed by atoms with van der Waals surface area (Å²) in [6.07, 6.45) is 15.0. The number of rotatable bonds is 3. The third-order valence-electron chi connectivity index (χ3n) is 4.71. The molecule has 0 spiro atoms.